The molecule has 0 radical (unpaired) electrons. The molecule has 2 N–H and O–H groups in total. The Bertz CT molecular complexity index is 1490. The lowest BCUT2D eigenvalue weighted by molar-refractivity contribution is -0.121. The minimum atomic E-state index is -1.34. The van der Waals surface area contributed by atoms with Crippen LogP contribution in [0.4, 0.5) is 4.79 Å². The number of aromatic nitrogens is 2. The Morgan fingerprint density at radius 3 is 2.57 bits per heavy atom. The van der Waals surface area contributed by atoms with E-state index in [2.05, 4.69) is 28.1 Å². The molecule has 2 heterocycles. The second-order valence-electron chi connectivity index (χ2n) is 9.08. The summed E-state index contributed by atoms with van der Waals surface area (Å²) in [6, 6.07) is 21.3. The van der Waals surface area contributed by atoms with Gasteiger partial charge < -0.3 is 14.4 Å². The van der Waals surface area contributed by atoms with Crippen LogP contribution >= 0.6 is 0 Å². The van der Waals surface area contributed by atoms with Gasteiger partial charge in [0.2, 0.25) is 5.91 Å². The smallest absolute Gasteiger partial charge is 0.449 e. The zero-order valence-electron chi connectivity index (χ0n) is 20.6. The Labute approximate surface area is 214 Å². The number of nitrogens with zero attached hydrogens (tertiary/aromatic N) is 3. The van der Waals surface area contributed by atoms with Crippen LogP contribution in [0, 0.1) is 0 Å². The molecule has 1 aliphatic rings. The van der Waals surface area contributed by atoms with Crippen molar-refractivity contribution in [3.63, 3.8) is 0 Å². The molecule has 3 aromatic carbocycles. The highest BCUT2D eigenvalue weighted by molar-refractivity contribution is 6.05. The molecular formula is C29H28N4O4. The average Bonchev–Trinajstić information content (AvgIpc) is 3.24. The predicted molar refractivity (Wildman–Crippen MR) is 142 cm³/mol. The van der Waals surface area contributed by atoms with Gasteiger partial charge in [-0.25, -0.2) is 15.2 Å². The summed E-state index contributed by atoms with van der Waals surface area (Å²) in [6.45, 7) is 2.82. The van der Waals surface area contributed by atoms with Crippen LogP contribution in [-0.4, -0.2) is 32.4 Å². The summed E-state index contributed by atoms with van der Waals surface area (Å²) >= 11 is 0. The van der Waals surface area contributed by atoms with Crippen molar-refractivity contribution >= 4 is 28.8 Å². The molecule has 1 amide bonds. The van der Waals surface area contributed by atoms with Crippen molar-refractivity contribution in [3.05, 3.63) is 83.7 Å². The van der Waals surface area contributed by atoms with Gasteiger partial charge in [0.05, 0.1) is 16.7 Å². The van der Waals surface area contributed by atoms with Crippen LogP contribution in [0.2, 0.25) is 0 Å². The number of hydrogen-bond acceptors (Lipinski definition) is 5. The number of amides is 1. The third kappa shape index (κ3) is 5.38. The molecule has 0 aliphatic carbocycles. The van der Waals surface area contributed by atoms with E-state index in [1.807, 2.05) is 48.5 Å². The maximum absolute atomic E-state index is 11.5. The quantitative estimate of drug-likeness (QED) is 0.238. The van der Waals surface area contributed by atoms with Gasteiger partial charge in [-0.1, -0.05) is 61.9 Å². The molecule has 0 spiro atoms. The van der Waals surface area contributed by atoms with Gasteiger partial charge in [-0.2, -0.15) is 5.10 Å². The summed E-state index contributed by atoms with van der Waals surface area (Å²) in [5, 5.41) is 13.3. The highest BCUT2D eigenvalue weighted by Gasteiger charge is 2.17. The fraction of sp³-hybridized carbons (Fsp3) is 0.241. The molecule has 4 aromatic rings. The maximum Gasteiger partial charge on any atom is 0.511 e. The van der Waals surface area contributed by atoms with E-state index in [9.17, 15) is 9.59 Å². The van der Waals surface area contributed by atoms with Gasteiger partial charge in [-0.05, 0) is 41.3 Å². The third-order valence-electron chi connectivity index (χ3n) is 6.51. The first-order valence-corrected chi connectivity index (χ1v) is 12.5. The zero-order chi connectivity index (χ0) is 25.8. The number of hydrogen-bond donors (Lipinski definition) is 2. The normalized spacial score (nSPS) is 13.3. The fourth-order valence-corrected chi connectivity index (χ4v) is 4.60. The molecule has 1 aromatic heterocycles. The number of carboxylic acid groups (broad SMARTS) is 1. The predicted octanol–water partition coefficient (Wildman–Crippen LogP) is 5.77. The number of rotatable bonds is 8. The van der Waals surface area contributed by atoms with Crippen LogP contribution in [0.5, 0.6) is 5.75 Å². The van der Waals surface area contributed by atoms with E-state index in [-0.39, 0.29) is 5.91 Å². The Kier molecular flexibility index (Phi) is 6.98. The molecule has 0 saturated carbocycles. The molecule has 37 heavy (non-hydrogen) atoms. The second-order valence-corrected chi connectivity index (χ2v) is 9.08. The molecule has 0 unspecified atom stereocenters. The average molecular weight is 497 g/mol. The van der Waals surface area contributed by atoms with Crippen LogP contribution in [0.1, 0.15) is 49.6 Å². The van der Waals surface area contributed by atoms with Crippen molar-refractivity contribution in [2.45, 2.75) is 45.6 Å². The Morgan fingerprint density at radius 1 is 1.05 bits per heavy atom. The van der Waals surface area contributed by atoms with Gasteiger partial charge in [0.25, 0.3) is 0 Å². The Hall–Kier alpha value is -4.46. The molecule has 5 rings (SSSR count). The lowest BCUT2D eigenvalue weighted by Gasteiger charge is -2.14. The first-order chi connectivity index (χ1) is 18.0. The molecular weight excluding hydrogens is 468 g/mol. The lowest BCUT2D eigenvalue weighted by atomic mass is 10.0. The highest BCUT2D eigenvalue weighted by atomic mass is 16.7. The van der Waals surface area contributed by atoms with Gasteiger partial charge in [0.1, 0.15) is 11.6 Å². The first-order valence-electron chi connectivity index (χ1n) is 12.5. The van der Waals surface area contributed by atoms with Crippen LogP contribution in [0.25, 0.3) is 22.2 Å². The zero-order valence-corrected chi connectivity index (χ0v) is 20.6. The molecule has 0 bridgehead atoms. The van der Waals surface area contributed by atoms with E-state index < -0.39 is 6.16 Å². The number of hydrazone groups is 1. The summed E-state index contributed by atoms with van der Waals surface area (Å²) < 4.78 is 7.21. The summed E-state index contributed by atoms with van der Waals surface area (Å²) in [5.74, 6) is 1.29. The number of ether oxygens (including phenoxy) is 1. The Balaban J connectivity index is 1.47. The molecule has 8 heteroatoms. The second kappa shape index (κ2) is 10.7. The number of unbranched alkanes of at least 4 members (excludes halogenated alkanes) is 1. The molecule has 0 fully saturated rings. The monoisotopic (exact) mass is 496 g/mol. The number of nitrogens with one attached hydrogen (secondary N) is 1. The SMILES string of the molecule is CCCCc1nc2ccc(C3=NNC(=O)CC3)cc2n1Cc1ccc(-c2ccccc2OC(=O)O)cc1. The van der Waals surface area contributed by atoms with Crippen molar-refractivity contribution in [1.29, 1.82) is 0 Å². The highest BCUT2D eigenvalue weighted by Crippen LogP contribution is 2.30. The van der Waals surface area contributed by atoms with Crippen LogP contribution in [-0.2, 0) is 17.8 Å². The lowest BCUT2D eigenvalue weighted by Crippen LogP contribution is -2.25. The van der Waals surface area contributed by atoms with Crippen molar-refractivity contribution in [2.24, 2.45) is 5.10 Å². The van der Waals surface area contributed by atoms with Gasteiger partial charge >= 0.3 is 6.16 Å². The minimum Gasteiger partial charge on any atom is -0.449 e. The molecule has 0 saturated heterocycles. The number of aryl methyl sites for hydroxylation is 1. The summed E-state index contributed by atoms with van der Waals surface area (Å²) in [4.78, 5) is 27.5. The van der Waals surface area contributed by atoms with E-state index in [1.54, 1.807) is 12.1 Å². The van der Waals surface area contributed by atoms with Gasteiger partial charge in [0, 0.05) is 31.4 Å². The fourth-order valence-electron chi connectivity index (χ4n) is 4.60. The van der Waals surface area contributed by atoms with Gasteiger partial charge in [0.15, 0.2) is 0 Å². The topological polar surface area (TPSA) is 106 Å². The largest absolute Gasteiger partial charge is 0.511 e. The first kappa shape index (κ1) is 24.2. The number of para-hydroxylation sites is 1. The van der Waals surface area contributed by atoms with Crippen molar-refractivity contribution < 1.29 is 19.4 Å². The van der Waals surface area contributed by atoms with Crippen LogP contribution in [0.3, 0.4) is 0 Å². The van der Waals surface area contributed by atoms with E-state index >= 15 is 0 Å². The van der Waals surface area contributed by atoms with Gasteiger partial charge in [-0.3, -0.25) is 4.79 Å². The maximum atomic E-state index is 11.5. The Morgan fingerprint density at radius 2 is 1.84 bits per heavy atom. The van der Waals surface area contributed by atoms with E-state index in [1.165, 1.54) is 0 Å². The van der Waals surface area contributed by atoms with Crippen molar-refractivity contribution in [2.75, 3.05) is 0 Å². The number of benzene rings is 3. The molecule has 188 valence electrons. The van der Waals surface area contributed by atoms with Crippen LogP contribution < -0.4 is 10.2 Å². The third-order valence-corrected chi connectivity index (χ3v) is 6.51. The molecule has 1 aliphatic heterocycles. The number of carbonyl (C=O) groups excluding carboxylic acids is 1. The molecule has 0 atom stereocenters. The summed E-state index contributed by atoms with van der Waals surface area (Å²) in [6.07, 6.45) is 2.73. The summed E-state index contributed by atoms with van der Waals surface area (Å²) in [7, 11) is 0. The van der Waals surface area contributed by atoms with Crippen molar-refractivity contribution in [3.8, 4) is 16.9 Å². The van der Waals surface area contributed by atoms with E-state index in [0.29, 0.717) is 25.1 Å². The minimum absolute atomic E-state index is 0.0580. The van der Waals surface area contributed by atoms with Gasteiger partial charge in [-0.15, -0.1) is 0 Å². The number of imidazole rings is 1. The van der Waals surface area contributed by atoms with E-state index in [0.717, 1.165) is 64.1 Å². The summed E-state index contributed by atoms with van der Waals surface area (Å²) in [5.41, 5.74) is 9.11. The number of carbonyl (C=O) groups is 2. The van der Waals surface area contributed by atoms with E-state index in [4.69, 9.17) is 14.8 Å². The standard InChI is InChI=1S/C29H28N4O4/c1-2-3-8-27-30-24-14-13-21(23-15-16-28(34)32-31-23)17-25(24)33(27)18-19-9-11-20(12-10-19)22-6-4-5-7-26(22)37-29(35)36/h4-7,9-14,17H,2-3,8,15-16,18H2,1H3,(H,32,34)(H,35,36). The molecule has 8 nitrogen and oxygen atoms in total. The van der Waals surface area contributed by atoms with Crippen molar-refractivity contribution in [1.82, 2.24) is 15.0 Å². The van der Waals surface area contributed by atoms with Crippen LogP contribution in [0.15, 0.2) is 71.8 Å². The number of fused-ring (bicyclic) bond motifs is 1.